The number of anilines is 1. The van der Waals surface area contributed by atoms with Crippen LogP contribution in [0.4, 0.5) is 18.9 Å². The molecule has 0 saturated carbocycles. The summed E-state index contributed by atoms with van der Waals surface area (Å²) in [6.07, 6.45) is -4.63. The van der Waals surface area contributed by atoms with Crippen molar-refractivity contribution in [2.24, 2.45) is 5.73 Å². The van der Waals surface area contributed by atoms with Gasteiger partial charge in [-0.3, -0.25) is 5.41 Å². The highest BCUT2D eigenvalue weighted by Crippen LogP contribution is 2.34. The van der Waals surface area contributed by atoms with Gasteiger partial charge in [0, 0.05) is 24.8 Å². The second-order valence-electron chi connectivity index (χ2n) is 4.70. The summed E-state index contributed by atoms with van der Waals surface area (Å²) in [7, 11) is 1.64. The lowest BCUT2D eigenvalue weighted by Crippen LogP contribution is -2.24. The minimum Gasteiger partial charge on any atom is -0.393 e. The van der Waals surface area contributed by atoms with Gasteiger partial charge in [0.25, 0.3) is 0 Å². The van der Waals surface area contributed by atoms with E-state index in [4.69, 9.17) is 11.1 Å². The van der Waals surface area contributed by atoms with Crippen LogP contribution in [0.15, 0.2) is 18.2 Å². The highest BCUT2D eigenvalue weighted by Gasteiger charge is 2.34. The quantitative estimate of drug-likeness (QED) is 0.574. The van der Waals surface area contributed by atoms with Crippen molar-refractivity contribution in [1.29, 1.82) is 5.41 Å². The van der Waals surface area contributed by atoms with E-state index in [1.165, 1.54) is 12.1 Å². The molecule has 1 aromatic rings. The van der Waals surface area contributed by atoms with Gasteiger partial charge in [-0.25, -0.2) is 0 Å². The molecule has 0 aliphatic carbocycles. The average molecular weight is 289 g/mol. The first-order valence-electron chi connectivity index (χ1n) is 6.07. The van der Waals surface area contributed by atoms with Crippen LogP contribution < -0.4 is 10.6 Å². The van der Waals surface area contributed by atoms with E-state index in [2.05, 4.69) is 0 Å². The number of rotatable bonds is 5. The number of nitrogen functional groups attached to an aromatic ring is 1. The van der Waals surface area contributed by atoms with Crippen molar-refractivity contribution in [2.45, 2.75) is 25.6 Å². The number of hydrogen-bond donors (Lipinski definition) is 3. The molecule has 4 N–H and O–H groups in total. The fraction of sp³-hybridized carbons (Fsp3) is 0.462. The Bertz CT molecular complexity index is 486. The van der Waals surface area contributed by atoms with Gasteiger partial charge >= 0.3 is 6.18 Å². The van der Waals surface area contributed by atoms with Crippen LogP contribution in [0.1, 0.15) is 24.5 Å². The minimum absolute atomic E-state index is 0.329. The summed E-state index contributed by atoms with van der Waals surface area (Å²) in [5, 5.41) is 16.4. The molecule has 0 aliphatic rings. The fourth-order valence-corrected chi connectivity index (χ4v) is 1.75. The maximum Gasteiger partial charge on any atom is 0.417 e. The van der Waals surface area contributed by atoms with Crippen LogP contribution in [-0.4, -0.2) is 30.6 Å². The van der Waals surface area contributed by atoms with E-state index in [0.29, 0.717) is 18.7 Å². The number of aliphatic hydroxyl groups is 1. The van der Waals surface area contributed by atoms with E-state index < -0.39 is 23.7 Å². The van der Waals surface area contributed by atoms with Gasteiger partial charge in [-0.2, -0.15) is 13.2 Å². The van der Waals surface area contributed by atoms with Gasteiger partial charge in [0.05, 0.1) is 11.7 Å². The predicted molar refractivity (Wildman–Crippen MR) is 72.0 cm³/mol. The van der Waals surface area contributed by atoms with Crippen molar-refractivity contribution in [1.82, 2.24) is 0 Å². The highest BCUT2D eigenvalue weighted by molar-refractivity contribution is 5.97. The summed E-state index contributed by atoms with van der Waals surface area (Å²) in [5.41, 5.74) is 4.28. The molecule has 7 heteroatoms. The molecule has 0 heterocycles. The molecule has 0 spiro atoms. The first kappa shape index (κ1) is 16.3. The topological polar surface area (TPSA) is 73.3 Å². The van der Waals surface area contributed by atoms with Crippen molar-refractivity contribution in [2.75, 3.05) is 18.5 Å². The molecular weight excluding hydrogens is 271 g/mol. The lowest BCUT2D eigenvalue weighted by molar-refractivity contribution is -0.137. The molecule has 0 radical (unpaired) electrons. The number of nitrogens with zero attached hydrogens (tertiary/aromatic N) is 1. The SMILES string of the molecule is CC(O)CCN(C)c1ccc(C(=N)N)c(C(F)(F)F)c1. The molecule has 1 rings (SSSR count). The zero-order valence-corrected chi connectivity index (χ0v) is 11.3. The van der Waals surface area contributed by atoms with E-state index in [0.717, 1.165) is 6.07 Å². The Hall–Kier alpha value is -1.76. The number of amidine groups is 1. The van der Waals surface area contributed by atoms with Crippen LogP contribution in [0, 0.1) is 5.41 Å². The fourth-order valence-electron chi connectivity index (χ4n) is 1.75. The van der Waals surface area contributed by atoms with Crippen molar-refractivity contribution < 1.29 is 18.3 Å². The third-order valence-electron chi connectivity index (χ3n) is 2.92. The molecule has 0 aromatic heterocycles. The molecule has 1 atom stereocenters. The smallest absolute Gasteiger partial charge is 0.393 e. The summed E-state index contributed by atoms with van der Waals surface area (Å²) in [6.45, 7) is 2.04. The molecule has 20 heavy (non-hydrogen) atoms. The Kier molecular flexibility index (Phi) is 4.99. The molecule has 1 unspecified atom stereocenters. The number of aliphatic hydroxyl groups excluding tert-OH is 1. The molecule has 0 aliphatic heterocycles. The number of nitrogens with two attached hydrogens (primary N) is 1. The van der Waals surface area contributed by atoms with Gasteiger partial charge in [0.2, 0.25) is 0 Å². The van der Waals surface area contributed by atoms with Gasteiger partial charge in [0.15, 0.2) is 0 Å². The molecule has 1 aromatic carbocycles. The zero-order valence-electron chi connectivity index (χ0n) is 11.3. The van der Waals surface area contributed by atoms with E-state index in [9.17, 15) is 18.3 Å². The van der Waals surface area contributed by atoms with Gasteiger partial charge < -0.3 is 15.7 Å². The minimum atomic E-state index is -4.57. The van der Waals surface area contributed by atoms with Crippen LogP contribution in [-0.2, 0) is 6.18 Å². The summed E-state index contributed by atoms with van der Waals surface area (Å²) in [5.74, 6) is -0.615. The number of benzene rings is 1. The van der Waals surface area contributed by atoms with Gasteiger partial charge in [-0.15, -0.1) is 0 Å². The Morgan fingerprint density at radius 1 is 1.45 bits per heavy atom. The number of halogens is 3. The average Bonchev–Trinajstić information content (AvgIpc) is 2.33. The van der Waals surface area contributed by atoms with Gasteiger partial charge in [-0.05, 0) is 31.5 Å². The standard InChI is InChI=1S/C13H18F3N3O/c1-8(20)5-6-19(2)9-3-4-10(12(17)18)11(7-9)13(14,15)16/h3-4,7-8,20H,5-6H2,1-2H3,(H3,17,18). The maximum atomic E-state index is 13.0. The van der Waals surface area contributed by atoms with E-state index in [1.54, 1.807) is 18.9 Å². The lowest BCUT2D eigenvalue weighted by Gasteiger charge is -2.22. The molecule has 0 bridgehead atoms. The number of alkyl halides is 3. The second-order valence-corrected chi connectivity index (χ2v) is 4.70. The van der Waals surface area contributed by atoms with Crippen molar-refractivity contribution in [3.8, 4) is 0 Å². The Balaban J connectivity index is 3.10. The lowest BCUT2D eigenvalue weighted by atomic mass is 10.0. The Morgan fingerprint density at radius 2 is 2.05 bits per heavy atom. The van der Waals surface area contributed by atoms with E-state index >= 15 is 0 Å². The monoisotopic (exact) mass is 289 g/mol. The summed E-state index contributed by atoms with van der Waals surface area (Å²) in [6, 6.07) is 3.64. The first-order chi connectivity index (χ1) is 9.12. The van der Waals surface area contributed by atoms with Crippen molar-refractivity contribution >= 4 is 11.5 Å². The van der Waals surface area contributed by atoms with Crippen LogP contribution in [0.25, 0.3) is 0 Å². The third kappa shape index (κ3) is 4.12. The number of hydrogen-bond acceptors (Lipinski definition) is 3. The summed E-state index contributed by atoms with van der Waals surface area (Å²) >= 11 is 0. The van der Waals surface area contributed by atoms with E-state index in [-0.39, 0.29) is 5.56 Å². The van der Waals surface area contributed by atoms with Gasteiger partial charge in [-0.1, -0.05) is 0 Å². The summed E-state index contributed by atoms with van der Waals surface area (Å²) in [4.78, 5) is 1.62. The first-order valence-corrected chi connectivity index (χ1v) is 6.07. The normalized spacial score (nSPS) is 13.1. The second kappa shape index (κ2) is 6.13. The summed E-state index contributed by atoms with van der Waals surface area (Å²) < 4.78 is 38.9. The van der Waals surface area contributed by atoms with E-state index in [1.807, 2.05) is 0 Å². The molecule has 4 nitrogen and oxygen atoms in total. The zero-order chi connectivity index (χ0) is 15.5. The van der Waals surface area contributed by atoms with Crippen molar-refractivity contribution in [3.63, 3.8) is 0 Å². The number of nitrogens with one attached hydrogen (secondary N) is 1. The van der Waals surface area contributed by atoms with Crippen LogP contribution in [0.5, 0.6) is 0 Å². The molecule has 0 saturated heterocycles. The molecule has 112 valence electrons. The highest BCUT2D eigenvalue weighted by atomic mass is 19.4. The maximum absolute atomic E-state index is 13.0. The van der Waals surface area contributed by atoms with Gasteiger partial charge in [0.1, 0.15) is 5.84 Å². The van der Waals surface area contributed by atoms with Crippen LogP contribution >= 0.6 is 0 Å². The Morgan fingerprint density at radius 3 is 2.50 bits per heavy atom. The molecular formula is C13H18F3N3O. The van der Waals surface area contributed by atoms with Crippen LogP contribution in [0.3, 0.4) is 0 Å². The molecule has 0 amide bonds. The largest absolute Gasteiger partial charge is 0.417 e. The van der Waals surface area contributed by atoms with Crippen molar-refractivity contribution in [3.05, 3.63) is 29.3 Å². The van der Waals surface area contributed by atoms with Crippen LogP contribution in [0.2, 0.25) is 0 Å². The Labute approximate surface area is 115 Å². The molecule has 0 fully saturated rings. The third-order valence-corrected chi connectivity index (χ3v) is 2.92. The predicted octanol–water partition coefficient (Wildman–Crippen LogP) is 2.20.